The van der Waals surface area contributed by atoms with E-state index in [1.807, 2.05) is 34.6 Å². The lowest BCUT2D eigenvalue weighted by Crippen LogP contribution is -2.40. The van der Waals surface area contributed by atoms with E-state index in [0.717, 1.165) is 0 Å². The molecule has 10 nitrogen and oxygen atoms in total. The molecule has 0 heterocycles. The summed E-state index contributed by atoms with van der Waals surface area (Å²) in [5.41, 5.74) is 6.44. The van der Waals surface area contributed by atoms with Crippen LogP contribution in [-0.4, -0.2) is 47.9 Å². The van der Waals surface area contributed by atoms with E-state index in [1.54, 1.807) is 19.9 Å². The monoisotopic (exact) mass is 523 g/mol. The fourth-order valence-electron chi connectivity index (χ4n) is 3.52. The topological polar surface area (TPSA) is 151 Å². The van der Waals surface area contributed by atoms with Crippen LogP contribution in [0.2, 0.25) is 0 Å². The minimum atomic E-state index is -1.36. The molecule has 4 atom stereocenters. The van der Waals surface area contributed by atoms with Crippen LogP contribution in [0.3, 0.4) is 0 Å². The predicted octanol–water partition coefficient (Wildman–Crippen LogP) is 4.67. The number of nitrogens with two attached hydrogens (primary N) is 1. The molecule has 0 aromatic heterocycles. The molecule has 37 heavy (non-hydrogen) atoms. The summed E-state index contributed by atoms with van der Waals surface area (Å²) in [6.07, 6.45) is -0.281. The van der Waals surface area contributed by atoms with Crippen LogP contribution in [0.4, 0.5) is 4.79 Å². The average Bonchev–Trinajstić information content (AvgIpc) is 2.78. The molecule has 3 N–H and O–H groups in total. The third kappa shape index (κ3) is 11.2. The van der Waals surface area contributed by atoms with Crippen molar-refractivity contribution >= 4 is 24.1 Å². The zero-order chi connectivity index (χ0) is 28.3. The number of rotatable bonds is 14. The molecule has 0 saturated heterocycles. The maximum absolute atomic E-state index is 12.4. The van der Waals surface area contributed by atoms with Crippen molar-refractivity contribution in [1.29, 1.82) is 0 Å². The van der Waals surface area contributed by atoms with Crippen molar-refractivity contribution in [2.45, 2.75) is 85.8 Å². The lowest BCUT2D eigenvalue weighted by molar-refractivity contribution is -0.139. The highest BCUT2D eigenvalue weighted by atomic mass is 16.7. The summed E-state index contributed by atoms with van der Waals surface area (Å²) in [6.45, 7) is 12.6. The first-order valence-corrected chi connectivity index (χ1v) is 12.6. The number of carboxylic acid groups (broad SMARTS) is 1. The van der Waals surface area contributed by atoms with Crippen molar-refractivity contribution in [2.75, 3.05) is 6.61 Å². The first kappa shape index (κ1) is 31.9. The second kappa shape index (κ2) is 15.2. The zero-order valence-corrected chi connectivity index (χ0v) is 22.8. The first-order chi connectivity index (χ1) is 17.2. The van der Waals surface area contributed by atoms with E-state index in [0.29, 0.717) is 12.0 Å². The summed E-state index contributed by atoms with van der Waals surface area (Å²) in [5, 5.41) is 9.65. The van der Waals surface area contributed by atoms with Gasteiger partial charge in [-0.25, -0.2) is 4.79 Å². The van der Waals surface area contributed by atoms with Gasteiger partial charge in [0.25, 0.3) is 0 Å². The average molecular weight is 524 g/mol. The molecule has 0 aliphatic rings. The molecule has 3 unspecified atom stereocenters. The molecule has 208 valence electrons. The van der Waals surface area contributed by atoms with Crippen molar-refractivity contribution in [3.63, 3.8) is 0 Å². The summed E-state index contributed by atoms with van der Waals surface area (Å²) in [4.78, 5) is 48.5. The number of aliphatic carboxylic acids is 1. The van der Waals surface area contributed by atoms with Gasteiger partial charge in [-0.05, 0) is 48.8 Å². The maximum atomic E-state index is 12.4. The van der Waals surface area contributed by atoms with E-state index in [9.17, 15) is 24.3 Å². The number of hydrogen-bond donors (Lipinski definition) is 2. The third-order valence-corrected chi connectivity index (χ3v) is 5.57. The Bertz CT molecular complexity index is 928. The van der Waals surface area contributed by atoms with Gasteiger partial charge >= 0.3 is 24.1 Å². The molecule has 0 radical (unpaired) electrons. The molecule has 1 aromatic carbocycles. The quantitative estimate of drug-likeness (QED) is 0.260. The van der Waals surface area contributed by atoms with E-state index < -0.39 is 41.9 Å². The van der Waals surface area contributed by atoms with E-state index in [-0.39, 0.29) is 48.9 Å². The molecule has 0 spiro atoms. The molecule has 0 bridgehead atoms. The van der Waals surface area contributed by atoms with Gasteiger partial charge in [0.05, 0.1) is 6.61 Å². The van der Waals surface area contributed by atoms with Crippen molar-refractivity contribution < 1.29 is 43.2 Å². The highest BCUT2D eigenvalue weighted by Gasteiger charge is 2.33. The Morgan fingerprint density at radius 2 is 1.43 bits per heavy atom. The third-order valence-electron chi connectivity index (χ3n) is 5.57. The van der Waals surface area contributed by atoms with E-state index in [1.165, 1.54) is 12.1 Å². The van der Waals surface area contributed by atoms with Gasteiger partial charge in [0, 0.05) is 18.8 Å². The zero-order valence-electron chi connectivity index (χ0n) is 22.8. The Balaban J connectivity index is 3.32. The minimum absolute atomic E-state index is 0.0212. The molecular formula is C27H41NO9. The van der Waals surface area contributed by atoms with Gasteiger partial charge in [-0.2, -0.15) is 0 Å². The molecular weight excluding hydrogens is 482 g/mol. The van der Waals surface area contributed by atoms with Crippen LogP contribution in [0.15, 0.2) is 18.2 Å². The van der Waals surface area contributed by atoms with Crippen LogP contribution >= 0.6 is 0 Å². The Labute approximate surface area is 218 Å². The van der Waals surface area contributed by atoms with E-state index in [4.69, 9.17) is 24.7 Å². The SMILES string of the molecule is CCC(C)OC(=O)OCC(C)C(c1ccc(OC(=O)CC(C)C)c(OC(=O)CC(C)C)c1)[C@H](N)C(=O)O. The Kier molecular flexibility index (Phi) is 13.1. The Morgan fingerprint density at radius 3 is 1.92 bits per heavy atom. The van der Waals surface area contributed by atoms with Crippen molar-refractivity contribution in [2.24, 2.45) is 23.5 Å². The number of hydrogen-bond acceptors (Lipinski definition) is 9. The normalized spacial score (nSPS) is 14.4. The number of carbonyl (C=O) groups excluding carboxylic acids is 3. The maximum Gasteiger partial charge on any atom is 0.508 e. The molecule has 0 aliphatic carbocycles. The summed E-state index contributed by atoms with van der Waals surface area (Å²) < 4.78 is 21.3. The molecule has 1 rings (SSSR count). The summed E-state index contributed by atoms with van der Waals surface area (Å²) in [6, 6.07) is 3.08. The fraction of sp³-hybridized carbons (Fsp3) is 0.630. The molecule has 0 aliphatic heterocycles. The highest BCUT2D eigenvalue weighted by molar-refractivity contribution is 5.77. The van der Waals surface area contributed by atoms with Gasteiger partial charge < -0.3 is 29.8 Å². The summed E-state index contributed by atoms with van der Waals surface area (Å²) in [7, 11) is 0. The summed E-state index contributed by atoms with van der Waals surface area (Å²) >= 11 is 0. The van der Waals surface area contributed by atoms with Crippen LogP contribution in [0.1, 0.15) is 79.2 Å². The van der Waals surface area contributed by atoms with Gasteiger partial charge in [-0.15, -0.1) is 0 Å². The van der Waals surface area contributed by atoms with Crippen LogP contribution < -0.4 is 15.2 Å². The highest BCUT2D eigenvalue weighted by Crippen LogP contribution is 2.36. The van der Waals surface area contributed by atoms with E-state index >= 15 is 0 Å². The molecule has 1 aromatic rings. The van der Waals surface area contributed by atoms with Gasteiger partial charge in [-0.1, -0.05) is 47.6 Å². The second-order valence-electron chi connectivity index (χ2n) is 10.1. The number of ether oxygens (including phenoxy) is 4. The number of carbonyl (C=O) groups is 4. The number of benzene rings is 1. The Hall–Kier alpha value is -3.14. The van der Waals surface area contributed by atoms with Crippen LogP contribution in [0.25, 0.3) is 0 Å². The molecule has 0 amide bonds. The van der Waals surface area contributed by atoms with Crippen molar-refractivity contribution in [3.05, 3.63) is 23.8 Å². The largest absolute Gasteiger partial charge is 0.508 e. The van der Waals surface area contributed by atoms with E-state index in [2.05, 4.69) is 0 Å². The van der Waals surface area contributed by atoms with Crippen LogP contribution in [-0.2, 0) is 23.9 Å². The van der Waals surface area contributed by atoms with Gasteiger partial charge in [0.1, 0.15) is 12.1 Å². The smallest absolute Gasteiger partial charge is 0.480 e. The number of esters is 2. The molecule has 0 saturated carbocycles. The van der Waals surface area contributed by atoms with Crippen molar-refractivity contribution in [3.8, 4) is 11.5 Å². The van der Waals surface area contributed by atoms with Crippen LogP contribution in [0.5, 0.6) is 11.5 Å². The van der Waals surface area contributed by atoms with Gasteiger partial charge in [0.15, 0.2) is 11.5 Å². The Morgan fingerprint density at radius 1 is 0.892 bits per heavy atom. The summed E-state index contributed by atoms with van der Waals surface area (Å²) in [5.74, 6) is -3.57. The fourth-order valence-corrected chi connectivity index (χ4v) is 3.52. The number of carboxylic acids is 1. The van der Waals surface area contributed by atoms with Gasteiger partial charge in [0.2, 0.25) is 0 Å². The van der Waals surface area contributed by atoms with Crippen LogP contribution in [0, 0.1) is 17.8 Å². The lowest BCUT2D eigenvalue weighted by atomic mass is 9.82. The van der Waals surface area contributed by atoms with Gasteiger partial charge in [-0.3, -0.25) is 14.4 Å². The molecule has 10 heteroatoms. The predicted molar refractivity (Wildman–Crippen MR) is 136 cm³/mol. The first-order valence-electron chi connectivity index (χ1n) is 12.6. The standard InChI is InChI=1S/C27H41NO9/c1-8-18(7)35-27(33)34-14-17(6)24(25(28)26(31)32)19-9-10-20(36-22(29)11-15(2)3)21(13-19)37-23(30)12-16(4)5/h9-10,13,15-18,24-25H,8,11-12,14,28H2,1-7H3,(H,31,32)/t17?,18?,24?,25-/m0/s1. The minimum Gasteiger partial charge on any atom is -0.480 e. The lowest BCUT2D eigenvalue weighted by Gasteiger charge is -2.28. The molecule has 0 fully saturated rings. The second-order valence-corrected chi connectivity index (χ2v) is 10.1. The van der Waals surface area contributed by atoms with Crippen molar-refractivity contribution in [1.82, 2.24) is 0 Å².